The van der Waals surface area contributed by atoms with E-state index in [4.69, 9.17) is 13.6 Å². The molecule has 1 atom stereocenters. The van der Waals surface area contributed by atoms with E-state index in [1.54, 1.807) is 0 Å². The normalized spacial score (nSPS) is 13.7. The summed E-state index contributed by atoms with van der Waals surface area (Å²) in [6.45, 7) is 16.8. The summed E-state index contributed by atoms with van der Waals surface area (Å²) in [6, 6.07) is 0. The van der Waals surface area contributed by atoms with E-state index < -0.39 is 8.56 Å². The number of rotatable bonds is 32. The highest BCUT2D eigenvalue weighted by molar-refractivity contribution is 9.09. The van der Waals surface area contributed by atoms with E-state index >= 15 is 0 Å². The van der Waals surface area contributed by atoms with Crippen LogP contribution < -0.4 is 0 Å². The summed E-state index contributed by atoms with van der Waals surface area (Å²) in [7, 11) is -2.25. The third kappa shape index (κ3) is 33.2. The van der Waals surface area contributed by atoms with Gasteiger partial charge in [0.2, 0.25) is 0 Å². The number of hydrogen-bond acceptors (Lipinski definition) is 3. The number of hydrogen-bond donors (Lipinski definition) is 0. The monoisotopic (exact) mass is 722 g/mol. The first-order chi connectivity index (χ1) is 22.2. The first kappa shape index (κ1) is 45.3. The minimum Gasteiger partial charge on any atom is -0.394 e. The Labute approximate surface area is 297 Å². The maximum Gasteiger partial charge on any atom is 0.333 e. The molecule has 0 aromatic carbocycles. The molecule has 0 amide bonds. The molecule has 0 saturated heterocycles. The quantitative estimate of drug-likeness (QED) is 0.0227. The zero-order chi connectivity index (χ0) is 34.1. The topological polar surface area (TPSA) is 27.7 Å². The van der Waals surface area contributed by atoms with Gasteiger partial charge in [0.15, 0.2) is 0 Å². The Hall–Kier alpha value is -0.723. The molecule has 268 valence electrons. The van der Waals surface area contributed by atoms with Crippen molar-refractivity contribution in [2.45, 2.75) is 182 Å². The fourth-order valence-corrected chi connectivity index (χ4v) is 7.07. The van der Waals surface area contributed by atoms with Gasteiger partial charge in [-0.3, -0.25) is 0 Å². The first-order valence-electron chi connectivity index (χ1n) is 18.9. The molecular formula is C41H75BrO3Si. The molecule has 5 heteroatoms. The fourth-order valence-electron chi connectivity index (χ4n) is 5.15. The van der Waals surface area contributed by atoms with Crippen molar-refractivity contribution in [2.75, 3.05) is 18.5 Å². The van der Waals surface area contributed by atoms with Gasteiger partial charge >= 0.3 is 8.56 Å². The SMILES string of the molecule is CCCCC/C=C\C/C=C\CCCCCCCC(OC/C=C(\C)CC/C=C(\C)CCC=C(C)C)O[Si](C)(C)OCCCCCCBr. The van der Waals surface area contributed by atoms with Crippen molar-refractivity contribution in [2.24, 2.45) is 0 Å². The van der Waals surface area contributed by atoms with Gasteiger partial charge in [-0.05, 0) is 124 Å². The molecule has 3 nitrogen and oxygen atoms in total. The van der Waals surface area contributed by atoms with Crippen LogP contribution in [0.3, 0.4) is 0 Å². The second kappa shape index (κ2) is 32.8. The second-order valence-electron chi connectivity index (χ2n) is 13.7. The van der Waals surface area contributed by atoms with Gasteiger partial charge in [0, 0.05) is 11.9 Å². The predicted octanol–water partition coefficient (Wildman–Crippen LogP) is 14.3. The molecule has 0 aliphatic heterocycles. The van der Waals surface area contributed by atoms with Crippen LogP contribution in [-0.2, 0) is 13.6 Å². The molecule has 0 aromatic heterocycles. The van der Waals surface area contributed by atoms with E-state index in [0.29, 0.717) is 6.61 Å². The van der Waals surface area contributed by atoms with Gasteiger partial charge in [0.05, 0.1) is 6.61 Å². The lowest BCUT2D eigenvalue weighted by Crippen LogP contribution is -2.40. The van der Waals surface area contributed by atoms with Crippen LogP contribution >= 0.6 is 15.9 Å². The lowest BCUT2D eigenvalue weighted by Gasteiger charge is -2.29. The molecule has 0 aromatic rings. The van der Waals surface area contributed by atoms with Gasteiger partial charge in [0.1, 0.15) is 6.29 Å². The average molecular weight is 724 g/mol. The van der Waals surface area contributed by atoms with E-state index in [9.17, 15) is 0 Å². The molecule has 0 spiro atoms. The summed E-state index contributed by atoms with van der Waals surface area (Å²) in [5, 5.41) is 1.09. The molecule has 0 heterocycles. The average Bonchev–Trinajstić information content (AvgIpc) is 3.00. The number of halogens is 1. The van der Waals surface area contributed by atoms with E-state index in [1.807, 2.05) is 0 Å². The zero-order valence-corrected chi connectivity index (χ0v) is 34.1. The van der Waals surface area contributed by atoms with Gasteiger partial charge in [-0.2, -0.15) is 0 Å². The largest absolute Gasteiger partial charge is 0.394 e. The minimum absolute atomic E-state index is 0.186. The van der Waals surface area contributed by atoms with E-state index in [1.165, 1.54) is 93.8 Å². The van der Waals surface area contributed by atoms with Gasteiger partial charge in [-0.25, -0.2) is 0 Å². The van der Waals surface area contributed by atoms with Crippen molar-refractivity contribution in [3.05, 3.63) is 59.3 Å². The summed E-state index contributed by atoms with van der Waals surface area (Å²) in [5.74, 6) is 0. The maximum atomic E-state index is 6.56. The lowest BCUT2D eigenvalue weighted by molar-refractivity contribution is -0.0939. The zero-order valence-electron chi connectivity index (χ0n) is 31.5. The van der Waals surface area contributed by atoms with Crippen LogP contribution in [0.5, 0.6) is 0 Å². The molecule has 46 heavy (non-hydrogen) atoms. The Morgan fingerprint density at radius 1 is 0.652 bits per heavy atom. The highest BCUT2D eigenvalue weighted by atomic mass is 79.9. The van der Waals surface area contributed by atoms with Crippen molar-refractivity contribution in [1.29, 1.82) is 0 Å². The molecule has 1 unspecified atom stereocenters. The van der Waals surface area contributed by atoms with Crippen LogP contribution in [0.1, 0.15) is 163 Å². The summed E-state index contributed by atoms with van der Waals surface area (Å²) in [5.41, 5.74) is 4.28. The van der Waals surface area contributed by atoms with Crippen LogP contribution in [0.4, 0.5) is 0 Å². The van der Waals surface area contributed by atoms with Gasteiger partial charge in [0.25, 0.3) is 0 Å². The molecule has 0 fully saturated rings. The van der Waals surface area contributed by atoms with Crippen molar-refractivity contribution in [1.82, 2.24) is 0 Å². The Kier molecular flexibility index (Phi) is 32.3. The van der Waals surface area contributed by atoms with Crippen LogP contribution in [0, 0.1) is 0 Å². The summed E-state index contributed by atoms with van der Waals surface area (Å²) < 4.78 is 19.2. The first-order valence-corrected chi connectivity index (χ1v) is 22.9. The van der Waals surface area contributed by atoms with Gasteiger partial charge < -0.3 is 13.6 Å². The van der Waals surface area contributed by atoms with Crippen molar-refractivity contribution < 1.29 is 13.6 Å². The predicted molar refractivity (Wildman–Crippen MR) is 211 cm³/mol. The number of ether oxygens (including phenoxy) is 1. The number of unbranched alkanes of at least 4 members (excludes halogenated alkanes) is 11. The molecule has 0 aliphatic carbocycles. The van der Waals surface area contributed by atoms with Crippen molar-refractivity contribution in [3.63, 3.8) is 0 Å². The van der Waals surface area contributed by atoms with Crippen LogP contribution in [0.15, 0.2) is 59.3 Å². The lowest BCUT2D eigenvalue weighted by atomic mass is 10.1. The Morgan fingerprint density at radius 2 is 1.24 bits per heavy atom. The standard InChI is InChI=1S/C41H75BrO3Si/c1-8-9-10-11-12-13-14-15-16-17-18-19-20-21-24-33-41(45-46(6,7)44-36-26-23-22-25-35-42)43-37-34-40(5)32-28-31-39(4)30-27-29-38(2)3/h12-13,15-16,29,31,34,41H,8-11,14,17-28,30,32-33,35-37H2,1-7H3/b13-12-,16-15-,39-31+,40-34+. The van der Waals surface area contributed by atoms with Crippen molar-refractivity contribution >= 4 is 24.5 Å². The highest BCUT2D eigenvalue weighted by Crippen LogP contribution is 2.19. The number of allylic oxidation sites excluding steroid dienone is 9. The molecule has 0 bridgehead atoms. The minimum atomic E-state index is -2.25. The fraction of sp³-hybridized carbons (Fsp3) is 0.756. The molecule has 0 N–H and O–H groups in total. The van der Waals surface area contributed by atoms with Gasteiger partial charge in [-0.1, -0.05) is 127 Å². The summed E-state index contributed by atoms with van der Waals surface area (Å²) in [6.07, 6.45) is 40.1. The molecular weight excluding hydrogens is 648 g/mol. The Balaban J connectivity index is 4.57. The van der Waals surface area contributed by atoms with E-state index in [2.05, 4.69) is 106 Å². The third-order valence-electron chi connectivity index (χ3n) is 8.12. The highest BCUT2D eigenvalue weighted by Gasteiger charge is 2.29. The maximum absolute atomic E-state index is 6.56. The van der Waals surface area contributed by atoms with Crippen LogP contribution in [-0.4, -0.2) is 33.4 Å². The van der Waals surface area contributed by atoms with Crippen LogP contribution in [0.25, 0.3) is 0 Å². The van der Waals surface area contributed by atoms with E-state index in [0.717, 1.165) is 63.3 Å². The van der Waals surface area contributed by atoms with Gasteiger partial charge in [-0.15, -0.1) is 0 Å². The summed E-state index contributed by atoms with van der Waals surface area (Å²) in [4.78, 5) is 0. The molecule has 0 saturated carbocycles. The third-order valence-corrected chi connectivity index (χ3v) is 10.4. The molecule has 0 rings (SSSR count). The van der Waals surface area contributed by atoms with E-state index in [-0.39, 0.29) is 6.29 Å². The Morgan fingerprint density at radius 3 is 1.91 bits per heavy atom. The Bertz CT molecular complexity index is 839. The van der Waals surface area contributed by atoms with Crippen LogP contribution in [0.2, 0.25) is 13.1 Å². The molecule has 0 aliphatic rings. The smallest absolute Gasteiger partial charge is 0.333 e. The number of alkyl halides is 1. The summed E-state index contributed by atoms with van der Waals surface area (Å²) >= 11 is 3.52. The van der Waals surface area contributed by atoms with Crippen molar-refractivity contribution in [3.8, 4) is 0 Å². The second-order valence-corrected chi connectivity index (χ2v) is 17.8. The molecule has 0 radical (unpaired) electrons.